The summed E-state index contributed by atoms with van der Waals surface area (Å²) in [6, 6.07) is 3.52. The van der Waals surface area contributed by atoms with E-state index in [1.165, 1.54) is 7.11 Å². The Morgan fingerprint density at radius 1 is 1.50 bits per heavy atom. The summed E-state index contributed by atoms with van der Waals surface area (Å²) in [6.45, 7) is 2.21. The number of hydrogen-bond donors (Lipinski definition) is 1. The zero-order valence-corrected chi connectivity index (χ0v) is 10.1. The molecule has 0 aliphatic rings. The van der Waals surface area contributed by atoms with Crippen LogP contribution in [0.2, 0.25) is 0 Å². The number of ether oxygens (including phenoxy) is 2. The van der Waals surface area contributed by atoms with Crippen molar-refractivity contribution in [2.75, 3.05) is 20.8 Å². The highest BCUT2D eigenvalue weighted by atomic mass is 16.5. The lowest BCUT2D eigenvalue weighted by molar-refractivity contribution is 0.00389. The average molecular weight is 226 g/mol. The summed E-state index contributed by atoms with van der Waals surface area (Å²) in [6.07, 6.45) is 0. The molecule has 1 unspecified atom stereocenters. The van der Waals surface area contributed by atoms with E-state index < -0.39 is 5.60 Å². The van der Waals surface area contributed by atoms with Crippen molar-refractivity contribution in [1.82, 2.24) is 4.57 Å². The van der Waals surface area contributed by atoms with E-state index in [9.17, 15) is 4.79 Å². The van der Waals surface area contributed by atoms with E-state index in [0.29, 0.717) is 12.2 Å². The Balaban J connectivity index is 3.18. The van der Waals surface area contributed by atoms with Crippen LogP contribution in [0.25, 0.3) is 0 Å². The SMILES string of the molecule is COC(=O)c1ccc(C(C)(CN)OC)n1C. The minimum atomic E-state index is -0.596. The van der Waals surface area contributed by atoms with Gasteiger partial charge in [0.25, 0.3) is 0 Å². The number of nitrogens with zero attached hydrogens (tertiary/aromatic N) is 1. The van der Waals surface area contributed by atoms with Gasteiger partial charge in [-0.15, -0.1) is 0 Å². The molecule has 0 bridgehead atoms. The Hall–Kier alpha value is -1.33. The van der Waals surface area contributed by atoms with Gasteiger partial charge in [-0.2, -0.15) is 0 Å². The lowest BCUT2D eigenvalue weighted by Gasteiger charge is -2.27. The Labute approximate surface area is 95.1 Å². The van der Waals surface area contributed by atoms with Crippen LogP contribution in [-0.4, -0.2) is 31.3 Å². The van der Waals surface area contributed by atoms with Crippen molar-refractivity contribution in [2.24, 2.45) is 12.8 Å². The van der Waals surface area contributed by atoms with Gasteiger partial charge in [0.1, 0.15) is 11.3 Å². The minimum absolute atomic E-state index is 0.335. The van der Waals surface area contributed by atoms with Gasteiger partial charge in [0.2, 0.25) is 0 Å². The fourth-order valence-corrected chi connectivity index (χ4v) is 1.64. The third kappa shape index (κ3) is 1.96. The van der Waals surface area contributed by atoms with Gasteiger partial charge in [0, 0.05) is 20.7 Å². The molecule has 1 heterocycles. The molecule has 0 saturated heterocycles. The van der Waals surface area contributed by atoms with Crippen molar-refractivity contribution >= 4 is 5.97 Å². The van der Waals surface area contributed by atoms with E-state index in [1.54, 1.807) is 24.8 Å². The van der Waals surface area contributed by atoms with Crippen LogP contribution in [0.4, 0.5) is 0 Å². The second kappa shape index (κ2) is 4.67. The molecule has 5 heteroatoms. The number of carbonyl (C=O) groups excluding carboxylic acids is 1. The van der Waals surface area contributed by atoms with Crippen LogP contribution in [0.5, 0.6) is 0 Å². The van der Waals surface area contributed by atoms with Crippen molar-refractivity contribution in [2.45, 2.75) is 12.5 Å². The van der Waals surface area contributed by atoms with Crippen LogP contribution in [0.3, 0.4) is 0 Å². The van der Waals surface area contributed by atoms with Gasteiger partial charge in [0.15, 0.2) is 0 Å². The summed E-state index contributed by atoms with van der Waals surface area (Å²) in [4.78, 5) is 11.4. The van der Waals surface area contributed by atoms with Gasteiger partial charge in [0.05, 0.1) is 12.8 Å². The largest absolute Gasteiger partial charge is 0.464 e. The molecule has 0 aromatic carbocycles. The number of aromatic nitrogens is 1. The second-order valence-corrected chi connectivity index (χ2v) is 3.79. The van der Waals surface area contributed by atoms with Crippen LogP contribution < -0.4 is 5.73 Å². The molecule has 1 rings (SSSR count). The van der Waals surface area contributed by atoms with Crippen molar-refractivity contribution in [3.63, 3.8) is 0 Å². The summed E-state index contributed by atoms with van der Waals surface area (Å²) < 4.78 is 11.8. The minimum Gasteiger partial charge on any atom is -0.464 e. The van der Waals surface area contributed by atoms with Crippen LogP contribution >= 0.6 is 0 Å². The topological polar surface area (TPSA) is 66.5 Å². The molecule has 1 aromatic rings. The van der Waals surface area contributed by atoms with E-state index in [0.717, 1.165) is 5.69 Å². The summed E-state index contributed by atoms with van der Waals surface area (Å²) in [5.41, 5.74) is 6.41. The Morgan fingerprint density at radius 2 is 2.12 bits per heavy atom. The van der Waals surface area contributed by atoms with Gasteiger partial charge < -0.3 is 19.8 Å². The molecule has 5 nitrogen and oxygen atoms in total. The Morgan fingerprint density at radius 3 is 2.56 bits per heavy atom. The van der Waals surface area contributed by atoms with Crippen LogP contribution in [0.1, 0.15) is 23.1 Å². The highest BCUT2D eigenvalue weighted by Gasteiger charge is 2.29. The molecule has 0 amide bonds. The molecule has 1 aromatic heterocycles. The molecule has 16 heavy (non-hydrogen) atoms. The fourth-order valence-electron chi connectivity index (χ4n) is 1.64. The maximum absolute atomic E-state index is 11.4. The van der Waals surface area contributed by atoms with E-state index in [-0.39, 0.29) is 5.97 Å². The average Bonchev–Trinajstić information content (AvgIpc) is 2.69. The van der Waals surface area contributed by atoms with Crippen LogP contribution in [0.15, 0.2) is 12.1 Å². The molecule has 0 spiro atoms. The van der Waals surface area contributed by atoms with Crippen LogP contribution in [0, 0.1) is 0 Å². The standard InChI is InChI=1S/C11H18N2O3/c1-11(7-12,16-4)9-6-5-8(13(9)2)10(14)15-3/h5-6H,7,12H2,1-4H3. The first-order chi connectivity index (χ1) is 7.50. The zero-order chi connectivity index (χ0) is 12.3. The first-order valence-corrected chi connectivity index (χ1v) is 5.00. The van der Waals surface area contributed by atoms with E-state index >= 15 is 0 Å². The van der Waals surface area contributed by atoms with Crippen LogP contribution in [-0.2, 0) is 22.1 Å². The number of carbonyl (C=O) groups is 1. The normalized spacial score (nSPS) is 14.6. The van der Waals surface area contributed by atoms with E-state index in [2.05, 4.69) is 4.74 Å². The van der Waals surface area contributed by atoms with Gasteiger partial charge >= 0.3 is 5.97 Å². The molecule has 90 valence electrons. The summed E-state index contributed by atoms with van der Waals surface area (Å²) >= 11 is 0. The van der Waals surface area contributed by atoms with Gasteiger partial charge in [-0.25, -0.2) is 4.79 Å². The lowest BCUT2D eigenvalue weighted by atomic mass is 10.0. The number of methoxy groups -OCH3 is 2. The smallest absolute Gasteiger partial charge is 0.354 e. The number of rotatable bonds is 4. The molecule has 0 aliphatic heterocycles. The van der Waals surface area contributed by atoms with Crippen molar-refractivity contribution in [1.29, 1.82) is 0 Å². The maximum atomic E-state index is 11.4. The highest BCUT2D eigenvalue weighted by Crippen LogP contribution is 2.25. The summed E-state index contributed by atoms with van der Waals surface area (Å²) in [7, 11) is 4.74. The molecule has 0 fully saturated rings. The number of hydrogen-bond acceptors (Lipinski definition) is 4. The maximum Gasteiger partial charge on any atom is 0.354 e. The lowest BCUT2D eigenvalue weighted by Crippen LogP contribution is -2.35. The molecule has 2 N–H and O–H groups in total. The predicted molar refractivity (Wildman–Crippen MR) is 60.2 cm³/mol. The van der Waals surface area contributed by atoms with Gasteiger partial charge in [-0.3, -0.25) is 0 Å². The second-order valence-electron chi connectivity index (χ2n) is 3.79. The highest BCUT2D eigenvalue weighted by molar-refractivity contribution is 5.87. The molecule has 0 aliphatic carbocycles. The van der Waals surface area contributed by atoms with E-state index in [4.69, 9.17) is 10.5 Å². The number of esters is 1. The molecule has 1 atom stereocenters. The summed E-state index contributed by atoms with van der Waals surface area (Å²) in [5, 5.41) is 0. The first kappa shape index (κ1) is 12.7. The van der Waals surface area contributed by atoms with Gasteiger partial charge in [-0.1, -0.05) is 0 Å². The molecular formula is C11H18N2O3. The molecule has 0 radical (unpaired) electrons. The number of nitrogens with two attached hydrogens (primary N) is 1. The first-order valence-electron chi connectivity index (χ1n) is 5.00. The summed E-state index contributed by atoms with van der Waals surface area (Å²) in [5.74, 6) is -0.371. The third-order valence-electron chi connectivity index (χ3n) is 2.90. The Kier molecular flexibility index (Phi) is 3.72. The quantitative estimate of drug-likeness (QED) is 0.765. The van der Waals surface area contributed by atoms with Crippen molar-refractivity contribution in [3.8, 4) is 0 Å². The monoisotopic (exact) mass is 226 g/mol. The van der Waals surface area contributed by atoms with Crippen molar-refractivity contribution in [3.05, 3.63) is 23.5 Å². The predicted octanol–water partition coefficient (Wildman–Crippen LogP) is 0.632. The zero-order valence-electron chi connectivity index (χ0n) is 10.1. The van der Waals surface area contributed by atoms with Crippen molar-refractivity contribution < 1.29 is 14.3 Å². The third-order valence-corrected chi connectivity index (χ3v) is 2.90. The van der Waals surface area contributed by atoms with E-state index in [1.807, 2.05) is 13.0 Å². The Bertz CT molecular complexity index is 381. The molecule has 0 saturated carbocycles. The van der Waals surface area contributed by atoms with Gasteiger partial charge in [-0.05, 0) is 19.1 Å². The fraction of sp³-hybridized carbons (Fsp3) is 0.545. The molecular weight excluding hydrogens is 208 g/mol.